The quantitative estimate of drug-likeness (QED) is 0.827. The number of nitrogens with two attached hydrogens (primary N) is 1. The Morgan fingerprint density at radius 1 is 1.47 bits per heavy atom. The Morgan fingerprint density at radius 2 is 2.12 bits per heavy atom. The standard InChI is InChI=1S/C12H19N3O2/c1-8(9-5-10(13)7-14-6-9)15-11(16)17-12(2,3)4/h5-8H,13H2,1-4H3,(H,15,16). The molecule has 1 heterocycles. The van der Waals surface area contributed by atoms with Crippen molar-refractivity contribution in [1.29, 1.82) is 0 Å². The van der Waals surface area contributed by atoms with Crippen molar-refractivity contribution >= 4 is 11.8 Å². The summed E-state index contributed by atoms with van der Waals surface area (Å²) in [5.41, 5.74) is 6.53. The molecule has 0 aromatic carbocycles. The minimum absolute atomic E-state index is 0.194. The summed E-state index contributed by atoms with van der Waals surface area (Å²) in [5, 5.41) is 2.72. The molecule has 0 aliphatic heterocycles. The third-order valence-corrected chi connectivity index (χ3v) is 2.01. The first kappa shape index (κ1) is 13.3. The average molecular weight is 237 g/mol. The number of carbonyl (C=O) groups excluding carboxylic acids is 1. The van der Waals surface area contributed by atoms with Crippen LogP contribution in [0.25, 0.3) is 0 Å². The van der Waals surface area contributed by atoms with Crippen molar-refractivity contribution in [3.8, 4) is 0 Å². The van der Waals surface area contributed by atoms with Gasteiger partial charge in [-0.1, -0.05) is 0 Å². The Morgan fingerprint density at radius 3 is 2.65 bits per heavy atom. The molecule has 5 nitrogen and oxygen atoms in total. The summed E-state index contributed by atoms with van der Waals surface area (Å²) < 4.78 is 5.16. The number of nitrogens with one attached hydrogen (secondary N) is 1. The van der Waals surface area contributed by atoms with E-state index in [1.54, 1.807) is 18.5 Å². The summed E-state index contributed by atoms with van der Waals surface area (Å²) in [4.78, 5) is 15.5. The largest absolute Gasteiger partial charge is 0.444 e. The number of hydrogen-bond donors (Lipinski definition) is 2. The summed E-state index contributed by atoms with van der Waals surface area (Å²) in [6.45, 7) is 7.30. The summed E-state index contributed by atoms with van der Waals surface area (Å²) in [6.07, 6.45) is 2.77. The molecule has 0 aliphatic carbocycles. The molecule has 0 spiro atoms. The van der Waals surface area contributed by atoms with Gasteiger partial charge < -0.3 is 15.8 Å². The second-order valence-electron chi connectivity index (χ2n) is 4.92. The summed E-state index contributed by atoms with van der Waals surface area (Å²) >= 11 is 0. The van der Waals surface area contributed by atoms with Gasteiger partial charge in [0.05, 0.1) is 11.7 Å². The lowest BCUT2D eigenvalue weighted by Gasteiger charge is -2.22. The second kappa shape index (κ2) is 5.03. The molecular formula is C12H19N3O2. The van der Waals surface area contributed by atoms with E-state index in [-0.39, 0.29) is 6.04 Å². The fraction of sp³-hybridized carbons (Fsp3) is 0.500. The average Bonchev–Trinajstić information content (AvgIpc) is 2.14. The lowest BCUT2D eigenvalue weighted by molar-refractivity contribution is 0.0508. The van der Waals surface area contributed by atoms with Gasteiger partial charge in [-0.05, 0) is 39.3 Å². The van der Waals surface area contributed by atoms with Gasteiger partial charge in [0.1, 0.15) is 5.60 Å². The number of nitrogen functional groups attached to an aromatic ring is 1. The molecular weight excluding hydrogens is 218 g/mol. The van der Waals surface area contributed by atoms with Gasteiger partial charge in [-0.3, -0.25) is 4.98 Å². The van der Waals surface area contributed by atoms with Gasteiger partial charge in [-0.15, -0.1) is 0 Å². The molecule has 1 rings (SSSR count). The van der Waals surface area contributed by atoms with E-state index in [2.05, 4.69) is 10.3 Å². The van der Waals surface area contributed by atoms with Crippen molar-refractivity contribution in [1.82, 2.24) is 10.3 Å². The normalized spacial score (nSPS) is 12.9. The first-order chi connectivity index (χ1) is 7.78. The first-order valence-electron chi connectivity index (χ1n) is 5.48. The van der Waals surface area contributed by atoms with Crippen LogP contribution in [0.1, 0.15) is 39.3 Å². The zero-order valence-electron chi connectivity index (χ0n) is 10.7. The number of aromatic nitrogens is 1. The van der Waals surface area contributed by atoms with Gasteiger partial charge in [-0.2, -0.15) is 0 Å². The Hall–Kier alpha value is -1.78. The van der Waals surface area contributed by atoms with Gasteiger partial charge in [0.15, 0.2) is 0 Å². The van der Waals surface area contributed by atoms with E-state index in [1.165, 1.54) is 0 Å². The van der Waals surface area contributed by atoms with Crippen LogP contribution < -0.4 is 11.1 Å². The smallest absolute Gasteiger partial charge is 0.408 e. The van der Waals surface area contributed by atoms with Gasteiger partial charge in [0.2, 0.25) is 0 Å². The highest BCUT2D eigenvalue weighted by Gasteiger charge is 2.18. The number of rotatable bonds is 2. The number of pyridine rings is 1. The zero-order chi connectivity index (χ0) is 13.1. The van der Waals surface area contributed by atoms with Gasteiger partial charge in [-0.25, -0.2) is 4.79 Å². The first-order valence-corrected chi connectivity index (χ1v) is 5.48. The zero-order valence-corrected chi connectivity index (χ0v) is 10.7. The van der Waals surface area contributed by atoms with Crippen LogP contribution in [0.3, 0.4) is 0 Å². The molecule has 0 saturated carbocycles. The Kier molecular flexibility index (Phi) is 3.93. The fourth-order valence-electron chi connectivity index (χ4n) is 1.28. The van der Waals surface area contributed by atoms with E-state index in [4.69, 9.17) is 10.5 Å². The number of anilines is 1. The second-order valence-corrected chi connectivity index (χ2v) is 4.92. The van der Waals surface area contributed by atoms with E-state index in [0.29, 0.717) is 5.69 Å². The maximum absolute atomic E-state index is 11.5. The third-order valence-electron chi connectivity index (χ3n) is 2.01. The van der Waals surface area contributed by atoms with Crippen molar-refractivity contribution in [3.63, 3.8) is 0 Å². The van der Waals surface area contributed by atoms with Gasteiger partial charge in [0.25, 0.3) is 0 Å². The lowest BCUT2D eigenvalue weighted by atomic mass is 10.1. The van der Waals surface area contributed by atoms with Crippen LogP contribution in [0.5, 0.6) is 0 Å². The number of alkyl carbamates (subject to hydrolysis) is 1. The van der Waals surface area contributed by atoms with Crippen molar-refractivity contribution in [2.75, 3.05) is 5.73 Å². The van der Waals surface area contributed by atoms with Crippen LogP contribution in [-0.4, -0.2) is 16.7 Å². The molecule has 1 atom stereocenters. The summed E-state index contributed by atoms with van der Waals surface area (Å²) in [5.74, 6) is 0. The van der Waals surface area contributed by atoms with E-state index in [1.807, 2.05) is 27.7 Å². The third kappa shape index (κ3) is 4.72. The molecule has 0 fully saturated rings. The highest BCUT2D eigenvalue weighted by Crippen LogP contribution is 2.15. The molecule has 0 aliphatic rings. The molecule has 1 aromatic heterocycles. The highest BCUT2D eigenvalue weighted by atomic mass is 16.6. The molecule has 0 bridgehead atoms. The van der Waals surface area contributed by atoms with Gasteiger partial charge >= 0.3 is 6.09 Å². The Balaban J connectivity index is 2.61. The van der Waals surface area contributed by atoms with Crippen LogP contribution in [0.2, 0.25) is 0 Å². The Labute approximate surface area is 101 Å². The van der Waals surface area contributed by atoms with Crippen LogP contribution in [0.4, 0.5) is 10.5 Å². The van der Waals surface area contributed by atoms with Crippen molar-refractivity contribution in [2.45, 2.75) is 39.3 Å². The van der Waals surface area contributed by atoms with Crippen LogP contribution in [0.15, 0.2) is 18.5 Å². The van der Waals surface area contributed by atoms with Crippen molar-refractivity contribution in [3.05, 3.63) is 24.0 Å². The molecule has 1 amide bonds. The maximum atomic E-state index is 11.5. The number of amides is 1. The number of ether oxygens (including phenoxy) is 1. The molecule has 0 saturated heterocycles. The number of nitrogens with zero attached hydrogens (tertiary/aromatic N) is 1. The summed E-state index contributed by atoms with van der Waals surface area (Å²) in [7, 11) is 0. The Bertz CT molecular complexity index is 399. The molecule has 1 aromatic rings. The van der Waals surface area contributed by atoms with Crippen molar-refractivity contribution < 1.29 is 9.53 Å². The molecule has 3 N–H and O–H groups in total. The molecule has 17 heavy (non-hydrogen) atoms. The van der Waals surface area contributed by atoms with Crippen molar-refractivity contribution in [2.24, 2.45) is 0 Å². The molecule has 5 heteroatoms. The van der Waals surface area contributed by atoms with E-state index in [0.717, 1.165) is 5.56 Å². The topological polar surface area (TPSA) is 77.2 Å². The predicted octanol–water partition coefficient (Wildman–Crippen LogP) is 2.25. The van der Waals surface area contributed by atoms with Crippen LogP contribution in [-0.2, 0) is 4.74 Å². The number of carbonyl (C=O) groups is 1. The predicted molar refractivity (Wildman–Crippen MR) is 66.4 cm³/mol. The van der Waals surface area contributed by atoms with E-state index < -0.39 is 11.7 Å². The minimum atomic E-state index is -0.502. The fourth-order valence-corrected chi connectivity index (χ4v) is 1.28. The van der Waals surface area contributed by atoms with E-state index in [9.17, 15) is 4.79 Å². The lowest BCUT2D eigenvalue weighted by Crippen LogP contribution is -2.34. The monoisotopic (exact) mass is 237 g/mol. The number of hydrogen-bond acceptors (Lipinski definition) is 4. The maximum Gasteiger partial charge on any atom is 0.408 e. The molecule has 94 valence electrons. The molecule has 0 radical (unpaired) electrons. The highest BCUT2D eigenvalue weighted by molar-refractivity contribution is 5.68. The minimum Gasteiger partial charge on any atom is -0.444 e. The van der Waals surface area contributed by atoms with Crippen LogP contribution >= 0.6 is 0 Å². The van der Waals surface area contributed by atoms with E-state index >= 15 is 0 Å². The van der Waals surface area contributed by atoms with Gasteiger partial charge in [0, 0.05) is 12.4 Å². The SMILES string of the molecule is CC(NC(=O)OC(C)(C)C)c1cncc(N)c1. The molecule has 1 unspecified atom stereocenters. The van der Waals surface area contributed by atoms with Crippen LogP contribution in [0, 0.1) is 0 Å². The summed E-state index contributed by atoms with van der Waals surface area (Å²) in [6, 6.07) is 1.58.